The van der Waals surface area contributed by atoms with E-state index in [-0.39, 0.29) is 0 Å². The average molecular weight is 235 g/mol. The molecule has 0 aliphatic rings. The van der Waals surface area contributed by atoms with Crippen molar-refractivity contribution in [2.45, 2.75) is 0 Å². The van der Waals surface area contributed by atoms with Crippen molar-refractivity contribution in [1.29, 1.82) is 0 Å². The molecule has 0 spiro atoms. The first-order chi connectivity index (χ1) is 6.54. The number of rotatable bonds is 0. The Hall–Kier alpha value is -1.19. The number of halogens is 2. The lowest BCUT2D eigenvalue weighted by atomic mass is 10.4. The van der Waals surface area contributed by atoms with Gasteiger partial charge in [-0.2, -0.15) is 0 Å². The van der Waals surface area contributed by atoms with Crippen molar-refractivity contribution < 1.29 is 4.79 Å². The van der Waals surface area contributed by atoms with Crippen LogP contribution in [-0.2, 0) is 0 Å². The van der Waals surface area contributed by atoms with E-state index in [1.54, 1.807) is 12.1 Å². The Bertz CT molecular complexity index is 254. The van der Waals surface area contributed by atoms with Crippen LogP contribution in [0.4, 0.5) is 4.79 Å². The molecule has 1 rings (SSSR count). The van der Waals surface area contributed by atoms with Crippen LogP contribution in [0.15, 0.2) is 37.4 Å². The second-order valence-electron chi connectivity index (χ2n) is 1.82. The minimum absolute atomic E-state index is 0.606. The van der Waals surface area contributed by atoms with Gasteiger partial charge in [-0.15, -0.1) is 13.2 Å². The number of primary amides is 2. The Kier molecular flexibility index (Phi) is 10.8. The third-order valence-electron chi connectivity index (χ3n) is 0.824. The molecule has 0 bridgehead atoms. The van der Waals surface area contributed by atoms with E-state index in [1.807, 2.05) is 12.1 Å². The summed E-state index contributed by atoms with van der Waals surface area (Å²) in [5, 5.41) is 1.21. The highest BCUT2D eigenvalue weighted by molar-refractivity contribution is 6.41. The normalized spacial score (nSPS) is 7.29. The minimum atomic E-state index is -0.833. The molecular weight excluding hydrogens is 223 g/mol. The maximum atomic E-state index is 9.00. The van der Waals surface area contributed by atoms with Gasteiger partial charge in [-0.25, -0.2) is 4.79 Å². The molecule has 0 atom stereocenters. The fraction of sp³-hybridized carbons (Fsp3) is 0. The summed E-state index contributed by atoms with van der Waals surface area (Å²) < 4.78 is 0. The molecular formula is C9H12Cl2N2O. The molecule has 0 aliphatic carbocycles. The van der Waals surface area contributed by atoms with Crippen LogP contribution in [0.5, 0.6) is 0 Å². The molecule has 4 N–H and O–H groups in total. The quantitative estimate of drug-likeness (QED) is 0.667. The third-order valence-corrected chi connectivity index (χ3v) is 1.58. The number of benzene rings is 1. The van der Waals surface area contributed by atoms with Gasteiger partial charge in [-0.05, 0) is 12.1 Å². The van der Waals surface area contributed by atoms with Gasteiger partial charge in [0.1, 0.15) is 0 Å². The first-order valence-corrected chi connectivity index (χ1v) is 4.24. The van der Waals surface area contributed by atoms with Crippen LogP contribution in [0.25, 0.3) is 0 Å². The van der Waals surface area contributed by atoms with E-state index in [4.69, 9.17) is 28.0 Å². The van der Waals surface area contributed by atoms with Crippen molar-refractivity contribution >= 4 is 29.2 Å². The van der Waals surface area contributed by atoms with E-state index in [0.29, 0.717) is 10.0 Å². The van der Waals surface area contributed by atoms with E-state index >= 15 is 0 Å². The van der Waals surface area contributed by atoms with Gasteiger partial charge < -0.3 is 11.5 Å². The Labute approximate surface area is 93.3 Å². The van der Waals surface area contributed by atoms with E-state index < -0.39 is 6.03 Å². The standard InChI is InChI=1S/C6H4Cl2.C2H4.CH4N2O/c7-5-3-1-2-4-6(5)8;1-2;2-1(3)4/h1-4H;1-2H2;(H4,2,3,4). The Morgan fingerprint density at radius 1 is 1.07 bits per heavy atom. The molecule has 14 heavy (non-hydrogen) atoms. The summed E-state index contributed by atoms with van der Waals surface area (Å²) in [4.78, 5) is 9.00. The molecule has 1 aromatic rings. The molecule has 0 saturated heterocycles. The lowest BCUT2D eigenvalue weighted by molar-refractivity contribution is 0.256. The zero-order chi connectivity index (χ0) is 11.6. The monoisotopic (exact) mass is 234 g/mol. The highest BCUT2D eigenvalue weighted by Gasteiger charge is 1.89. The second-order valence-corrected chi connectivity index (χ2v) is 2.63. The van der Waals surface area contributed by atoms with Crippen LogP contribution < -0.4 is 11.5 Å². The molecule has 2 amide bonds. The molecule has 0 radical (unpaired) electrons. The van der Waals surface area contributed by atoms with Crippen LogP contribution in [0.3, 0.4) is 0 Å². The maximum absolute atomic E-state index is 9.00. The second kappa shape index (κ2) is 9.89. The largest absolute Gasteiger partial charge is 0.352 e. The SMILES string of the molecule is C=C.Clc1ccccc1Cl.NC(N)=O. The number of carbonyl (C=O) groups excluding carboxylic acids is 1. The number of hydrogen-bond acceptors (Lipinski definition) is 1. The fourth-order valence-electron chi connectivity index (χ4n) is 0.439. The Morgan fingerprint density at radius 2 is 1.29 bits per heavy atom. The molecule has 5 heteroatoms. The molecule has 0 heterocycles. The molecule has 3 nitrogen and oxygen atoms in total. The van der Waals surface area contributed by atoms with Crippen LogP contribution in [0, 0.1) is 0 Å². The molecule has 0 fully saturated rings. The average Bonchev–Trinajstić information content (AvgIpc) is 2.13. The summed E-state index contributed by atoms with van der Waals surface area (Å²) in [5.41, 5.74) is 8.50. The molecule has 0 aromatic heterocycles. The third kappa shape index (κ3) is 10.8. The smallest absolute Gasteiger partial charge is 0.309 e. The summed E-state index contributed by atoms with van der Waals surface area (Å²) >= 11 is 11.2. The van der Waals surface area contributed by atoms with E-state index in [1.165, 1.54) is 0 Å². The summed E-state index contributed by atoms with van der Waals surface area (Å²) in [6.45, 7) is 6.00. The number of amides is 2. The van der Waals surface area contributed by atoms with Crippen molar-refractivity contribution in [3.05, 3.63) is 47.5 Å². The lowest BCUT2D eigenvalue weighted by Crippen LogP contribution is -2.18. The van der Waals surface area contributed by atoms with E-state index in [0.717, 1.165) is 0 Å². The zero-order valence-corrected chi connectivity index (χ0v) is 9.05. The lowest BCUT2D eigenvalue weighted by Gasteiger charge is -1.88. The molecule has 0 saturated carbocycles. The maximum Gasteiger partial charge on any atom is 0.309 e. The Morgan fingerprint density at radius 3 is 1.43 bits per heavy atom. The van der Waals surface area contributed by atoms with Gasteiger partial charge in [0.25, 0.3) is 0 Å². The van der Waals surface area contributed by atoms with Gasteiger partial charge in [0.2, 0.25) is 0 Å². The number of hydrogen-bond donors (Lipinski definition) is 2. The summed E-state index contributed by atoms with van der Waals surface area (Å²) in [6.07, 6.45) is 0. The van der Waals surface area contributed by atoms with Crippen molar-refractivity contribution in [2.75, 3.05) is 0 Å². The van der Waals surface area contributed by atoms with Crippen molar-refractivity contribution in [3.63, 3.8) is 0 Å². The van der Waals surface area contributed by atoms with E-state index in [2.05, 4.69) is 24.6 Å². The minimum Gasteiger partial charge on any atom is -0.352 e. The van der Waals surface area contributed by atoms with Gasteiger partial charge in [0.05, 0.1) is 10.0 Å². The number of carbonyl (C=O) groups is 1. The number of nitrogens with two attached hydrogens (primary N) is 2. The first-order valence-electron chi connectivity index (χ1n) is 3.49. The summed E-state index contributed by atoms with van der Waals surface area (Å²) in [7, 11) is 0. The van der Waals surface area contributed by atoms with Crippen LogP contribution in [0.2, 0.25) is 10.0 Å². The molecule has 1 aromatic carbocycles. The van der Waals surface area contributed by atoms with E-state index in [9.17, 15) is 0 Å². The van der Waals surface area contributed by atoms with Crippen LogP contribution >= 0.6 is 23.2 Å². The van der Waals surface area contributed by atoms with Gasteiger partial charge >= 0.3 is 6.03 Å². The fourth-order valence-corrected chi connectivity index (χ4v) is 0.711. The van der Waals surface area contributed by atoms with Gasteiger partial charge in [-0.3, -0.25) is 0 Å². The van der Waals surface area contributed by atoms with Crippen molar-refractivity contribution in [3.8, 4) is 0 Å². The van der Waals surface area contributed by atoms with Crippen molar-refractivity contribution in [2.24, 2.45) is 11.5 Å². The Balaban J connectivity index is 0. The van der Waals surface area contributed by atoms with Gasteiger partial charge in [-0.1, -0.05) is 35.3 Å². The van der Waals surface area contributed by atoms with Crippen molar-refractivity contribution in [1.82, 2.24) is 0 Å². The summed E-state index contributed by atoms with van der Waals surface area (Å²) in [6, 6.07) is 6.36. The predicted molar refractivity (Wildman–Crippen MR) is 61.5 cm³/mol. The highest BCUT2D eigenvalue weighted by Crippen LogP contribution is 2.19. The van der Waals surface area contributed by atoms with Crippen LogP contribution in [-0.4, -0.2) is 6.03 Å². The van der Waals surface area contributed by atoms with Gasteiger partial charge in [0.15, 0.2) is 0 Å². The predicted octanol–water partition coefficient (Wildman–Crippen LogP) is 2.82. The molecule has 0 unspecified atom stereocenters. The zero-order valence-electron chi connectivity index (χ0n) is 7.54. The summed E-state index contributed by atoms with van der Waals surface area (Å²) in [5.74, 6) is 0. The number of urea groups is 1. The highest BCUT2D eigenvalue weighted by atomic mass is 35.5. The van der Waals surface area contributed by atoms with Gasteiger partial charge in [0, 0.05) is 0 Å². The first kappa shape index (κ1) is 15.3. The van der Waals surface area contributed by atoms with Crippen LogP contribution in [0.1, 0.15) is 0 Å². The topological polar surface area (TPSA) is 69.1 Å². The molecule has 78 valence electrons. The molecule has 0 aliphatic heterocycles.